The second-order valence-corrected chi connectivity index (χ2v) is 7.67. The monoisotopic (exact) mass is 436 g/mol. The van der Waals surface area contributed by atoms with Gasteiger partial charge in [0.15, 0.2) is 5.82 Å². The highest BCUT2D eigenvalue weighted by atomic mass is 19.1. The molecule has 32 heavy (non-hydrogen) atoms. The van der Waals surface area contributed by atoms with Crippen molar-refractivity contribution in [1.29, 1.82) is 0 Å². The lowest BCUT2D eigenvalue weighted by Gasteiger charge is -2.40. The van der Waals surface area contributed by atoms with Gasteiger partial charge >= 0.3 is 0 Å². The Morgan fingerprint density at radius 1 is 0.875 bits per heavy atom. The molecule has 1 aliphatic heterocycles. The molecule has 3 heterocycles. The number of furan rings is 1. The van der Waals surface area contributed by atoms with Gasteiger partial charge in [-0.1, -0.05) is 30.3 Å². The Labute approximate surface area is 183 Å². The summed E-state index contributed by atoms with van der Waals surface area (Å²) in [5, 5.41) is 12.2. The number of nitrogens with zero attached hydrogens (tertiary/aromatic N) is 6. The van der Waals surface area contributed by atoms with Gasteiger partial charge in [-0.15, -0.1) is 5.10 Å². The van der Waals surface area contributed by atoms with Crippen molar-refractivity contribution < 1.29 is 13.2 Å². The van der Waals surface area contributed by atoms with Crippen molar-refractivity contribution in [2.45, 2.75) is 12.6 Å². The van der Waals surface area contributed by atoms with Crippen LogP contribution >= 0.6 is 0 Å². The number of para-hydroxylation sites is 1. The highest BCUT2D eigenvalue weighted by molar-refractivity contribution is 5.48. The van der Waals surface area contributed by atoms with Gasteiger partial charge in [0.25, 0.3) is 0 Å². The number of halogens is 2. The van der Waals surface area contributed by atoms with E-state index in [2.05, 4.69) is 20.4 Å². The zero-order valence-electron chi connectivity index (χ0n) is 17.3. The summed E-state index contributed by atoms with van der Waals surface area (Å²) < 4.78 is 36.3. The topological polar surface area (TPSA) is 63.2 Å². The molecule has 0 radical (unpaired) electrons. The minimum Gasteiger partial charge on any atom is -0.467 e. The van der Waals surface area contributed by atoms with Gasteiger partial charge in [-0.3, -0.25) is 4.90 Å². The van der Waals surface area contributed by atoms with E-state index < -0.39 is 6.04 Å². The number of tetrazole rings is 1. The van der Waals surface area contributed by atoms with E-state index in [0.29, 0.717) is 55.6 Å². The molecule has 0 spiro atoms. The fourth-order valence-corrected chi connectivity index (χ4v) is 4.20. The summed E-state index contributed by atoms with van der Waals surface area (Å²) in [7, 11) is 0. The molecule has 4 aromatic rings. The van der Waals surface area contributed by atoms with E-state index in [9.17, 15) is 8.78 Å². The average molecular weight is 436 g/mol. The van der Waals surface area contributed by atoms with Crippen molar-refractivity contribution in [2.24, 2.45) is 0 Å². The maximum atomic E-state index is 14.9. The molecular weight excluding hydrogens is 414 g/mol. The Morgan fingerprint density at radius 2 is 1.62 bits per heavy atom. The number of anilines is 1. The smallest absolute Gasteiger partial charge is 0.173 e. The SMILES string of the molecule is Fc1ccccc1C(c1nnnn1Cc1ccco1)N1CCN(c2ccccc2F)CC1. The third-order valence-electron chi connectivity index (χ3n) is 5.76. The summed E-state index contributed by atoms with van der Waals surface area (Å²) in [6.45, 7) is 2.74. The molecule has 0 amide bonds. The molecule has 1 unspecified atom stereocenters. The van der Waals surface area contributed by atoms with Crippen molar-refractivity contribution in [3.05, 3.63) is 95.7 Å². The van der Waals surface area contributed by atoms with E-state index in [1.807, 2.05) is 23.1 Å². The molecule has 0 N–H and O–H groups in total. The van der Waals surface area contributed by atoms with E-state index in [0.717, 1.165) is 0 Å². The van der Waals surface area contributed by atoms with Crippen LogP contribution in [0, 0.1) is 11.6 Å². The van der Waals surface area contributed by atoms with Crippen molar-refractivity contribution in [3.63, 3.8) is 0 Å². The van der Waals surface area contributed by atoms with Crippen LogP contribution in [0.2, 0.25) is 0 Å². The van der Waals surface area contributed by atoms with Gasteiger partial charge in [0.05, 0.1) is 12.0 Å². The Morgan fingerprint density at radius 3 is 2.34 bits per heavy atom. The molecule has 2 aromatic carbocycles. The molecule has 0 aliphatic carbocycles. The molecule has 9 heteroatoms. The number of hydrogen-bond acceptors (Lipinski definition) is 6. The molecule has 1 saturated heterocycles. The first-order valence-electron chi connectivity index (χ1n) is 10.5. The fraction of sp³-hybridized carbons (Fsp3) is 0.261. The Balaban J connectivity index is 1.45. The summed E-state index contributed by atoms with van der Waals surface area (Å²) in [5.41, 5.74) is 1.08. The van der Waals surface area contributed by atoms with E-state index in [1.54, 1.807) is 41.3 Å². The minimum absolute atomic E-state index is 0.242. The highest BCUT2D eigenvalue weighted by Gasteiger charge is 2.32. The van der Waals surface area contributed by atoms with Crippen molar-refractivity contribution in [1.82, 2.24) is 25.1 Å². The number of rotatable bonds is 6. The molecule has 1 fully saturated rings. The third kappa shape index (κ3) is 3.99. The average Bonchev–Trinajstić information content (AvgIpc) is 3.49. The molecule has 0 bridgehead atoms. The van der Waals surface area contributed by atoms with Crippen LogP contribution in [0.5, 0.6) is 0 Å². The van der Waals surface area contributed by atoms with Gasteiger partial charge in [0.1, 0.15) is 30.0 Å². The number of piperazine rings is 1. The van der Waals surface area contributed by atoms with Crippen LogP contribution < -0.4 is 4.90 Å². The standard InChI is InChI=1S/C23H22F2N6O/c24-19-8-2-1-7-18(19)22(23-26-27-28-31(23)16-17-6-5-15-32-17)30-13-11-29(12-14-30)21-10-4-3-9-20(21)25/h1-10,15,22H,11-14,16H2. The molecule has 5 rings (SSSR count). The second kappa shape index (κ2) is 8.88. The highest BCUT2D eigenvalue weighted by Crippen LogP contribution is 2.31. The van der Waals surface area contributed by atoms with E-state index >= 15 is 0 Å². The van der Waals surface area contributed by atoms with Crippen molar-refractivity contribution >= 4 is 5.69 Å². The maximum Gasteiger partial charge on any atom is 0.173 e. The molecule has 7 nitrogen and oxygen atoms in total. The van der Waals surface area contributed by atoms with Crippen LogP contribution in [0.25, 0.3) is 0 Å². The van der Waals surface area contributed by atoms with E-state index in [1.165, 1.54) is 12.1 Å². The van der Waals surface area contributed by atoms with Gasteiger partial charge in [-0.05, 0) is 40.8 Å². The first kappa shape index (κ1) is 20.3. The zero-order chi connectivity index (χ0) is 21.9. The molecular formula is C23H22F2N6O. The van der Waals surface area contributed by atoms with Crippen molar-refractivity contribution in [3.8, 4) is 0 Å². The van der Waals surface area contributed by atoms with E-state index in [-0.39, 0.29) is 11.6 Å². The third-order valence-corrected chi connectivity index (χ3v) is 5.76. The molecule has 2 aromatic heterocycles. The normalized spacial score (nSPS) is 15.8. The van der Waals surface area contributed by atoms with Gasteiger partial charge in [0, 0.05) is 31.7 Å². The summed E-state index contributed by atoms with van der Waals surface area (Å²) in [6.07, 6.45) is 1.59. The molecule has 1 atom stereocenters. The number of aromatic nitrogens is 4. The van der Waals surface area contributed by atoms with Crippen molar-refractivity contribution in [2.75, 3.05) is 31.1 Å². The predicted octanol–water partition coefficient (Wildman–Crippen LogP) is 3.50. The van der Waals surface area contributed by atoms with Gasteiger partial charge < -0.3 is 9.32 Å². The van der Waals surface area contributed by atoms with Gasteiger partial charge in [-0.25, -0.2) is 13.5 Å². The summed E-state index contributed by atoms with van der Waals surface area (Å²) in [5.74, 6) is 0.677. The van der Waals surface area contributed by atoms with Crippen LogP contribution in [0.3, 0.4) is 0 Å². The Hall–Kier alpha value is -3.59. The second-order valence-electron chi connectivity index (χ2n) is 7.67. The fourth-order valence-electron chi connectivity index (χ4n) is 4.20. The largest absolute Gasteiger partial charge is 0.467 e. The van der Waals surface area contributed by atoms with Crippen LogP contribution in [0.4, 0.5) is 14.5 Å². The lowest BCUT2D eigenvalue weighted by molar-refractivity contribution is 0.197. The quantitative estimate of drug-likeness (QED) is 0.461. The maximum absolute atomic E-state index is 14.9. The van der Waals surface area contributed by atoms with Crippen LogP contribution in [-0.2, 0) is 6.54 Å². The zero-order valence-corrected chi connectivity index (χ0v) is 17.3. The van der Waals surface area contributed by atoms with Crippen LogP contribution in [0.15, 0.2) is 71.3 Å². The Bertz CT molecular complexity index is 1170. The van der Waals surface area contributed by atoms with Gasteiger partial charge in [0.2, 0.25) is 0 Å². The number of hydrogen-bond donors (Lipinski definition) is 0. The van der Waals surface area contributed by atoms with Crippen LogP contribution in [-0.4, -0.2) is 51.3 Å². The minimum atomic E-state index is -0.482. The lowest BCUT2D eigenvalue weighted by atomic mass is 10.0. The first-order valence-corrected chi connectivity index (χ1v) is 10.5. The number of benzene rings is 2. The Kier molecular flexibility index (Phi) is 5.64. The summed E-state index contributed by atoms with van der Waals surface area (Å²) >= 11 is 0. The molecule has 164 valence electrons. The van der Waals surface area contributed by atoms with E-state index in [4.69, 9.17) is 4.42 Å². The molecule has 0 saturated carbocycles. The van der Waals surface area contributed by atoms with Crippen LogP contribution in [0.1, 0.15) is 23.2 Å². The summed E-state index contributed by atoms with van der Waals surface area (Å²) in [6, 6.07) is 16.6. The first-order chi connectivity index (χ1) is 15.7. The molecule has 1 aliphatic rings. The lowest BCUT2D eigenvalue weighted by Crippen LogP contribution is -2.48. The van der Waals surface area contributed by atoms with Gasteiger partial charge in [-0.2, -0.15) is 0 Å². The predicted molar refractivity (Wildman–Crippen MR) is 114 cm³/mol. The summed E-state index contributed by atoms with van der Waals surface area (Å²) in [4.78, 5) is 4.15.